The topological polar surface area (TPSA) is 47.0 Å². The third-order valence-electron chi connectivity index (χ3n) is 1.45. The van der Waals surface area contributed by atoms with E-state index in [1.165, 1.54) is 12.3 Å². The average molecular weight is 224 g/mol. The van der Waals surface area contributed by atoms with Crippen LogP contribution in [0.15, 0.2) is 18.3 Å². The standard InChI is InChI=1S/C7H7ClFNO2S/c8-13(11,12)5-3-6-2-1-4-10-7(6)9/h1-2,4H,3,5H2. The first-order valence-corrected chi connectivity index (χ1v) is 5.98. The Morgan fingerprint density at radius 2 is 2.23 bits per heavy atom. The largest absolute Gasteiger partial charge is 0.232 e. The molecule has 0 fully saturated rings. The van der Waals surface area contributed by atoms with Crippen molar-refractivity contribution in [3.63, 3.8) is 0 Å². The highest BCUT2D eigenvalue weighted by Crippen LogP contribution is 2.07. The van der Waals surface area contributed by atoms with Gasteiger partial charge in [0.15, 0.2) is 0 Å². The van der Waals surface area contributed by atoms with Gasteiger partial charge in [0, 0.05) is 22.4 Å². The maximum absolute atomic E-state index is 12.8. The molecule has 6 heteroatoms. The van der Waals surface area contributed by atoms with Gasteiger partial charge in [-0.1, -0.05) is 6.07 Å². The van der Waals surface area contributed by atoms with Gasteiger partial charge in [0.25, 0.3) is 0 Å². The van der Waals surface area contributed by atoms with Gasteiger partial charge in [0.2, 0.25) is 15.0 Å². The fraction of sp³-hybridized carbons (Fsp3) is 0.286. The quantitative estimate of drug-likeness (QED) is 0.574. The molecule has 0 aliphatic heterocycles. The predicted molar refractivity (Wildman–Crippen MR) is 47.5 cm³/mol. The van der Waals surface area contributed by atoms with Crippen molar-refractivity contribution in [3.8, 4) is 0 Å². The summed E-state index contributed by atoms with van der Waals surface area (Å²) in [6, 6.07) is 3.02. The Balaban J connectivity index is 2.71. The fourth-order valence-electron chi connectivity index (χ4n) is 0.838. The third kappa shape index (κ3) is 3.69. The molecule has 0 unspecified atom stereocenters. The van der Waals surface area contributed by atoms with Crippen LogP contribution >= 0.6 is 10.7 Å². The predicted octanol–water partition coefficient (Wildman–Crippen LogP) is 1.33. The van der Waals surface area contributed by atoms with Crippen LogP contribution in [0.4, 0.5) is 4.39 Å². The van der Waals surface area contributed by atoms with Crippen molar-refractivity contribution in [2.45, 2.75) is 6.42 Å². The van der Waals surface area contributed by atoms with E-state index in [-0.39, 0.29) is 17.7 Å². The van der Waals surface area contributed by atoms with E-state index >= 15 is 0 Å². The number of rotatable bonds is 3. The Kier molecular flexibility index (Phi) is 3.22. The molecular weight excluding hydrogens is 217 g/mol. The zero-order valence-electron chi connectivity index (χ0n) is 6.57. The van der Waals surface area contributed by atoms with Crippen LogP contribution in [0.2, 0.25) is 0 Å². The molecule has 0 aliphatic rings. The summed E-state index contributed by atoms with van der Waals surface area (Å²) in [7, 11) is 1.40. The van der Waals surface area contributed by atoms with E-state index in [0.29, 0.717) is 0 Å². The van der Waals surface area contributed by atoms with E-state index in [0.717, 1.165) is 0 Å². The Morgan fingerprint density at radius 1 is 1.54 bits per heavy atom. The Morgan fingerprint density at radius 3 is 2.77 bits per heavy atom. The van der Waals surface area contributed by atoms with Crippen molar-refractivity contribution < 1.29 is 12.8 Å². The molecule has 1 heterocycles. The lowest BCUT2D eigenvalue weighted by Gasteiger charge is -1.98. The smallest absolute Gasteiger partial charge is 0.228 e. The number of pyridine rings is 1. The van der Waals surface area contributed by atoms with E-state index in [4.69, 9.17) is 10.7 Å². The van der Waals surface area contributed by atoms with Gasteiger partial charge in [-0.15, -0.1) is 0 Å². The van der Waals surface area contributed by atoms with Crippen molar-refractivity contribution in [2.24, 2.45) is 0 Å². The Bertz CT molecular complexity index is 393. The monoisotopic (exact) mass is 223 g/mol. The maximum atomic E-state index is 12.8. The normalized spacial score (nSPS) is 11.5. The minimum absolute atomic E-state index is 0.0471. The van der Waals surface area contributed by atoms with Crippen molar-refractivity contribution in [2.75, 3.05) is 5.75 Å². The first kappa shape index (κ1) is 10.4. The third-order valence-corrected chi connectivity index (χ3v) is 2.61. The van der Waals surface area contributed by atoms with E-state index in [1.54, 1.807) is 6.07 Å². The molecule has 0 bridgehead atoms. The summed E-state index contributed by atoms with van der Waals surface area (Å²) in [5.74, 6) is -0.931. The Hall–Kier alpha value is -0.680. The molecule has 13 heavy (non-hydrogen) atoms. The summed E-state index contributed by atoms with van der Waals surface area (Å²) >= 11 is 0. The molecule has 3 nitrogen and oxygen atoms in total. The molecular formula is C7H7ClFNO2S. The van der Waals surface area contributed by atoms with Gasteiger partial charge in [-0.2, -0.15) is 4.39 Å². The molecule has 0 saturated heterocycles. The molecule has 72 valence electrons. The van der Waals surface area contributed by atoms with Gasteiger partial charge in [-0.05, 0) is 12.5 Å². The summed E-state index contributed by atoms with van der Waals surface area (Å²) < 4.78 is 33.9. The van der Waals surface area contributed by atoms with Crippen molar-refractivity contribution in [3.05, 3.63) is 29.8 Å². The molecule has 1 rings (SSSR count). The molecule has 0 N–H and O–H groups in total. The van der Waals surface area contributed by atoms with Crippen LogP contribution in [0.3, 0.4) is 0 Å². The average Bonchev–Trinajstić information content (AvgIpc) is 2.01. The van der Waals surface area contributed by atoms with Crippen LogP contribution in [0.1, 0.15) is 5.56 Å². The molecule has 0 amide bonds. The number of halogens is 2. The molecule has 0 aliphatic carbocycles. The van der Waals surface area contributed by atoms with E-state index < -0.39 is 15.0 Å². The summed E-state index contributed by atoms with van der Waals surface area (Å²) in [5.41, 5.74) is 0.256. The molecule has 0 spiro atoms. The molecule has 0 atom stereocenters. The second kappa shape index (κ2) is 4.02. The highest BCUT2D eigenvalue weighted by Gasteiger charge is 2.08. The van der Waals surface area contributed by atoms with Crippen LogP contribution in [-0.4, -0.2) is 19.2 Å². The SMILES string of the molecule is O=S(=O)(Cl)CCc1cccnc1F. The lowest BCUT2D eigenvalue weighted by atomic mass is 10.2. The molecule has 0 aromatic carbocycles. The van der Waals surface area contributed by atoms with Crippen LogP contribution in [0.25, 0.3) is 0 Å². The van der Waals surface area contributed by atoms with E-state index in [2.05, 4.69) is 4.98 Å². The van der Waals surface area contributed by atoms with E-state index in [1.807, 2.05) is 0 Å². The Labute approximate surface area is 80.0 Å². The number of aromatic nitrogens is 1. The lowest BCUT2D eigenvalue weighted by Crippen LogP contribution is -2.03. The minimum atomic E-state index is -3.56. The van der Waals surface area contributed by atoms with E-state index in [9.17, 15) is 12.8 Å². The second-order valence-electron chi connectivity index (χ2n) is 2.45. The fourth-order valence-corrected chi connectivity index (χ4v) is 1.53. The van der Waals surface area contributed by atoms with Crippen LogP contribution in [0.5, 0.6) is 0 Å². The van der Waals surface area contributed by atoms with Crippen LogP contribution in [-0.2, 0) is 15.5 Å². The van der Waals surface area contributed by atoms with Crippen LogP contribution in [0, 0.1) is 5.95 Å². The molecule has 0 radical (unpaired) electrons. The first-order chi connectivity index (χ1) is 5.99. The summed E-state index contributed by atoms with van der Waals surface area (Å²) in [4.78, 5) is 3.38. The van der Waals surface area contributed by atoms with Crippen LogP contribution < -0.4 is 0 Å². The van der Waals surface area contributed by atoms with Gasteiger partial charge in [-0.3, -0.25) is 0 Å². The number of aryl methyl sites for hydroxylation is 1. The minimum Gasteiger partial charge on any atom is -0.228 e. The summed E-state index contributed by atoms with van der Waals surface area (Å²) in [6.07, 6.45) is 1.35. The lowest BCUT2D eigenvalue weighted by molar-refractivity contribution is 0.567. The maximum Gasteiger partial charge on any atom is 0.232 e. The van der Waals surface area contributed by atoms with Crippen molar-refractivity contribution in [1.29, 1.82) is 0 Å². The number of nitrogens with zero attached hydrogens (tertiary/aromatic N) is 1. The molecule has 1 aromatic heterocycles. The molecule has 0 saturated carbocycles. The second-order valence-corrected chi connectivity index (χ2v) is 5.34. The highest BCUT2D eigenvalue weighted by molar-refractivity contribution is 8.13. The van der Waals surface area contributed by atoms with Crippen molar-refractivity contribution >= 4 is 19.7 Å². The summed E-state index contributed by atoms with van der Waals surface area (Å²) in [5, 5.41) is 0. The zero-order valence-corrected chi connectivity index (χ0v) is 8.15. The molecule has 1 aromatic rings. The highest BCUT2D eigenvalue weighted by atomic mass is 35.7. The number of hydrogen-bond acceptors (Lipinski definition) is 3. The van der Waals surface area contributed by atoms with Gasteiger partial charge in [-0.25, -0.2) is 13.4 Å². The van der Waals surface area contributed by atoms with Gasteiger partial charge >= 0.3 is 0 Å². The van der Waals surface area contributed by atoms with Gasteiger partial charge in [0.05, 0.1) is 5.75 Å². The van der Waals surface area contributed by atoms with Gasteiger partial charge in [0.1, 0.15) is 0 Å². The number of hydrogen-bond donors (Lipinski definition) is 0. The summed E-state index contributed by atoms with van der Waals surface area (Å²) in [6.45, 7) is 0. The van der Waals surface area contributed by atoms with Gasteiger partial charge < -0.3 is 0 Å². The van der Waals surface area contributed by atoms with Crippen molar-refractivity contribution in [1.82, 2.24) is 4.98 Å². The zero-order chi connectivity index (χ0) is 9.90. The first-order valence-electron chi connectivity index (χ1n) is 3.51.